The molecule has 0 amide bonds. The van der Waals surface area contributed by atoms with Gasteiger partial charge in [0.05, 0.1) is 6.95 Å². The molecule has 9 rings (SSSR count). The minimum absolute atomic E-state index is 0. The van der Waals surface area contributed by atoms with Crippen LogP contribution in [-0.2, 0) is 25.5 Å². The van der Waals surface area contributed by atoms with Crippen LogP contribution in [0.4, 0.5) is 0 Å². The predicted molar refractivity (Wildman–Crippen MR) is 288 cm³/mol. The first-order valence-corrected chi connectivity index (χ1v) is 23.9. The van der Waals surface area contributed by atoms with E-state index in [1.54, 1.807) is 24.3 Å². The van der Waals surface area contributed by atoms with Crippen LogP contribution in [0.1, 0.15) is 195 Å². The first-order valence-electron chi connectivity index (χ1n) is 30.9. The molecule has 0 saturated heterocycles. The second kappa shape index (κ2) is 20.6. The summed E-state index contributed by atoms with van der Waals surface area (Å²) >= 11 is 0. The summed E-state index contributed by atoms with van der Waals surface area (Å²) in [5, 5.41) is 1.17. The zero-order chi connectivity index (χ0) is 60.6. The Morgan fingerprint density at radius 1 is 0.725 bits per heavy atom. The van der Waals surface area contributed by atoms with Crippen LogP contribution in [0.3, 0.4) is 0 Å². The number of hydrogen-bond donors (Lipinski definition) is 0. The van der Waals surface area contributed by atoms with Gasteiger partial charge in [-0.05, 0) is 160 Å². The van der Waals surface area contributed by atoms with Crippen molar-refractivity contribution in [3.05, 3.63) is 160 Å². The third-order valence-corrected chi connectivity index (χ3v) is 13.5. The van der Waals surface area contributed by atoms with Gasteiger partial charge in [-0.25, -0.2) is 4.98 Å². The zero-order valence-electron chi connectivity index (χ0n) is 55.8. The first-order chi connectivity index (χ1) is 37.8. The standard InChI is InChI=1S/C33H33N2O.C31H40N.Ir/c1-20-17-24(23-13-15-33(4,5)16-14-23)10-12-25(20)29-18-30(34-19-21(29)2)28-8-6-7-26-27-11-9-22(3)35-32(27)36-31(26)28;1-19(2)24-16-26(20(3)4)30(27(17-24)21(5)6)28-15-23(12-11-22(28)7)29-14-13-25(18-32-29)31(8,9)10;/h6-7,9-12,17-19,23H,13-16H2,1-5H3;11,13-21H,1-10H3;/q2*-1;/i1D3,2D3,3D3,12D,23D;7D3;. The van der Waals surface area contributed by atoms with Gasteiger partial charge in [-0.15, -0.1) is 47.5 Å². The molecular weight excluding hydrogens is 1020 g/mol. The van der Waals surface area contributed by atoms with Crippen LogP contribution in [0.2, 0.25) is 0 Å². The van der Waals surface area contributed by atoms with Crippen LogP contribution < -0.4 is 0 Å². The summed E-state index contributed by atoms with van der Waals surface area (Å²) in [6, 6.07) is 29.2. The number of rotatable bonds is 8. The molecule has 361 valence electrons. The average molecular weight is 1110 g/mol. The van der Waals surface area contributed by atoms with Crippen molar-refractivity contribution in [2.45, 2.75) is 158 Å². The Bertz CT molecular complexity index is 3640. The van der Waals surface area contributed by atoms with E-state index in [0.29, 0.717) is 46.2 Å². The van der Waals surface area contributed by atoms with Crippen LogP contribution in [0.25, 0.3) is 66.8 Å². The second-order valence-electron chi connectivity index (χ2n) is 21.2. The van der Waals surface area contributed by atoms with E-state index in [2.05, 4.69) is 116 Å². The molecule has 4 aromatic carbocycles. The van der Waals surface area contributed by atoms with Crippen LogP contribution in [0.15, 0.2) is 102 Å². The molecule has 5 heteroatoms. The maximum absolute atomic E-state index is 9.25. The fourth-order valence-corrected chi connectivity index (χ4v) is 9.16. The SMILES string of the molecule is [2H]C([2H])([2H])c1c[c-]c(-c2ccc(C(C)(C)C)cn2)cc1-c1c(C(C)C)cc(C(C)C)cc1C(C)C.[2H]c1cc(C2([2H])CCC(C)(C)CC2)cc(C([2H])([2H])[2H])c1-c1cc(-c2[c-]ccc3c2oc2nc(C([2H])([2H])[2H])ccc23)ncc1C([2H])([2H])[2H].[Ir]. The van der Waals surface area contributed by atoms with Crippen molar-refractivity contribution >= 4 is 22.1 Å². The number of fused-ring (bicyclic) bond motifs is 3. The molecular formula is C64H73IrN3O-2. The van der Waals surface area contributed by atoms with Gasteiger partial charge in [0.25, 0.3) is 0 Å². The maximum Gasteiger partial charge on any atom is 0.216 e. The fraction of sp³-hybridized carbons (Fsp3) is 0.391. The van der Waals surface area contributed by atoms with Gasteiger partial charge in [0.2, 0.25) is 5.71 Å². The number of benzene rings is 4. The third-order valence-electron chi connectivity index (χ3n) is 13.5. The molecule has 0 N–H and O–H groups in total. The quantitative estimate of drug-likeness (QED) is 0.142. The van der Waals surface area contributed by atoms with Crippen molar-refractivity contribution in [1.82, 2.24) is 15.0 Å². The molecule has 0 spiro atoms. The summed E-state index contributed by atoms with van der Waals surface area (Å²) in [4.78, 5) is 13.3. The van der Waals surface area contributed by atoms with Crippen molar-refractivity contribution in [2.75, 3.05) is 0 Å². The molecule has 4 aromatic heterocycles. The van der Waals surface area contributed by atoms with Crippen LogP contribution in [-0.4, -0.2) is 15.0 Å². The van der Waals surface area contributed by atoms with Crippen molar-refractivity contribution < 1.29 is 43.7 Å². The van der Waals surface area contributed by atoms with Gasteiger partial charge < -0.3 is 14.4 Å². The fourth-order valence-electron chi connectivity index (χ4n) is 9.16. The number of pyridine rings is 3. The van der Waals surface area contributed by atoms with Gasteiger partial charge in [0, 0.05) is 61.4 Å². The summed E-state index contributed by atoms with van der Waals surface area (Å²) in [7, 11) is 0. The summed E-state index contributed by atoms with van der Waals surface area (Å²) in [5.41, 5.74) is 9.40. The van der Waals surface area contributed by atoms with E-state index in [9.17, 15) is 1.37 Å². The molecule has 1 radical (unpaired) electrons. The van der Waals surface area contributed by atoms with E-state index in [1.807, 2.05) is 18.3 Å². The number of nitrogens with zero attached hydrogens (tertiary/aromatic N) is 3. The molecule has 0 atom stereocenters. The number of hydrogen-bond acceptors (Lipinski definition) is 4. The molecule has 1 aliphatic carbocycles. The maximum atomic E-state index is 9.25. The van der Waals surface area contributed by atoms with Crippen LogP contribution in [0, 0.1) is 45.0 Å². The van der Waals surface area contributed by atoms with E-state index >= 15 is 0 Å². The van der Waals surface area contributed by atoms with E-state index in [0.717, 1.165) is 47.0 Å². The van der Waals surface area contributed by atoms with E-state index in [-0.39, 0.29) is 93.8 Å². The Balaban J connectivity index is 0.000000246. The van der Waals surface area contributed by atoms with Crippen molar-refractivity contribution in [1.29, 1.82) is 0 Å². The molecule has 4 nitrogen and oxygen atoms in total. The Morgan fingerprint density at radius 2 is 1.43 bits per heavy atom. The van der Waals surface area contributed by atoms with Crippen LogP contribution >= 0.6 is 0 Å². The average Bonchev–Trinajstić information content (AvgIpc) is 3.70. The van der Waals surface area contributed by atoms with Gasteiger partial charge >= 0.3 is 0 Å². The topological polar surface area (TPSA) is 51.8 Å². The Hall–Kier alpha value is -5.22. The van der Waals surface area contributed by atoms with Gasteiger partial charge in [0.1, 0.15) is 0 Å². The first kappa shape index (κ1) is 35.8. The number of furan rings is 1. The Kier molecular flexibility index (Phi) is 10.7. The summed E-state index contributed by atoms with van der Waals surface area (Å²) < 4.78 is 123. The molecule has 1 fully saturated rings. The molecule has 0 bridgehead atoms. The van der Waals surface area contributed by atoms with Gasteiger partial charge in [0.15, 0.2) is 0 Å². The Morgan fingerprint density at radius 3 is 2.06 bits per heavy atom. The Labute approximate surface area is 447 Å². The molecule has 69 heavy (non-hydrogen) atoms. The van der Waals surface area contributed by atoms with E-state index in [1.165, 1.54) is 41.0 Å². The van der Waals surface area contributed by atoms with E-state index < -0.39 is 33.3 Å². The molecule has 0 unspecified atom stereocenters. The van der Waals surface area contributed by atoms with Crippen LogP contribution in [0.5, 0.6) is 0 Å². The molecule has 4 heterocycles. The molecule has 8 aromatic rings. The predicted octanol–water partition coefficient (Wildman–Crippen LogP) is 18.3. The third kappa shape index (κ3) is 11.1. The number of aromatic nitrogens is 3. The minimum atomic E-state index is -2.72. The van der Waals surface area contributed by atoms with Crippen molar-refractivity contribution in [3.63, 3.8) is 0 Å². The zero-order valence-corrected chi connectivity index (χ0v) is 44.2. The van der Waals surface area contributed by atoms with E-state index in [4.69, 9.17) is 27.2 Å². The van der Waals surface area contributed by atoms with Gasteiger partial charge in [-0.1, -0.05) is 148 Å². The molecule has 1 saturated carbocycles. The monoisotopic (exact) mass is 1110 g/mol. The summed E-state index contributed by atoms with van der Waals surface area (Å²) in [6.07, 6.45) is 5.66. The largest absolute Gasteiger partial charge is 0.486 e. The van der Waals surface area contributed by atoms with Gasteiger partial charge in [-0.3, -0.25) is 0 Å². The molecule has 0 aliphatic heterocycles. The summed E-state index contributed by atoms with van der Waals surface area (Å²) in [5.74, 6) is -0.171. The molecule has 1 aliphatic rings. The minimum Gasteiger partial charge on any atom is -0.486 e. The normalized spacial score (nSPS) is 18.3. The van der Waals surface area contributed by atoms with Crippen molar-refractivity contribution in [3.8, 4) is 44.8 Å². The van der Waals surface area contributed by atoms with Crippen molar-refractivity contribution in [2.24, 2.45) is 5.41 Å². The smallest absolute Gasteiger partial charge is 0.216 e. The van der Waals surface area contributed by atoms with Gasteiger partial charge in [-0.2, -0.15) is 0 Å². The second-order valence-corrected chi connectivity index (χ2v) is 21.2. The summed E-state index contributed by atoms with van der Waals surface area (Å²) in [6.45, 7) is 13.8. The number of aryl methyl sites for hydroxylation is 4.